The van der Waals surface area contributed by atoms with Gasteiger partial charge in [0.1, 0.15) is 6.23 Å². The Balaban J connectivity index is 2.11. The first-order chi connectivity index (χ1) is 12.6. The molecule has 1 aromatic carbocycles. The van der Waals surface area contributed by atoms with Gasteiger partial charge < -0.3 is 15.2 Å². The lowest BCUT2D eigenvalue weighted by molar-refractivity contribution is -0.125. The van der Waals surface area contributed by atoms with Crippen molar-refractivity contribution in [3.05, 3.63) is 34.9 Å². The average molecular weight is 376 g/mol. The maximum atomic E-state index is 12.9. The lowest BCUT2D eigenvalue weighted by atomic mass is 9.61. The highest BCUT2D eigenvalue weighted by Gasteiger charge is 2.39. The number of hydrogen-bond acceptors (Lipinski definition) is 4. The van der Waals surface area contributed by atoms with Crippen LogP contribution in [0.1, 0.15) is 81.8 Å². The molecule has 1 aliphatic carbocycles. The standard InChI is InChI=1S/C22H33NO4/c1-15(27-14-13-24)23-19(26)10-9-18(25)16-7-6-8-17-20(16)22(4,5)12-11-21(17,2)3/h6-8,15,24H,9-14H2,1-5H3,(H,23,26). The lowest BCUT2D eigenvalue weighted by Gasteiger charge is -2.42. The highest BCUT2D eigenvalue weighted by Crippen LogP contribution is 2.47. The van der Waals surface area contributed by atoms with Crippen LogP contribution < -0.4 is 5.32 Å². The predicted molar refractivity (Wildman–Crippen MR) is 106 cm³/mol. The Bertz CT molecular complexity index is 694. The van der Waals surface area contributed by atoms with Crippen LogP contribution in [0.25, 0.3) is 0 Å². The molecule has 0 fully saturated rings. The molecular formula is C22H33NO4. The molecule has 1 aromatic rings. The minimum Gasteiger partial charge on any atom is -0.394 e. The van der Waals surface area contributed by atoms with Gasteiger partial charge in [0.05, 0.1) is 13.2 Å². The van der Waals surface area contributed by atoms with Gasteiger partial charge in [0.2, 0.25) is 5.91 Å². The smallest absolute Gasteiger partial charge is 0.222 e. The predicted octanol–water partition coefficient (Wildman–Crippen LogP) is 3.47. The zero-order chi connectivity index (χ0) is 20.2. The summed E-state index contributed by atoms with van der Waals surface area (Å²) in [4.78, 5) is 25.0. The normalized spacial score (nSPS) is 18.4. The van der Waals surface area contributed by atoms with Crippen LogP contribution in [0.2, 0.25) is 0 Å². The largest absolute Gasteiger partial charge is 0.394 e. The van der Waals surface area contributed by atoms with Gasteiger partial charge in [-0.3, -0.25) is 9.59 Å². The number of Topliss-reactive ketones (excluding diaryl/α,β-unsaturated/α-hetero) is 1. The summed E-state index contributed by atoms with van der Waals surface area (Å²) in [5.74, 6) is -0.213. The number of ether oxygens (including phenoxy) is 1. The summed E-state index contributed by atoms with van der Waals surface area (Å²) in [6.45, 7) is 10.6. The van der Waals surface area contributed by atoms with Crippen LogP contribution in [-0.2, 0) is 20.4 Å². The molecule has 0 heterocycles. The number of rotatable bonds is 8. The molecule has 5 heteroatoms. The summed E-state index contributed by atoms with van der Waals surface area (Å²) < 4.78 is 5.21. The third-order valence-corrected chi connectivity index (χ3v) is 5.55. The summed E-state index contributed by atoms with van der Waals surface area (Å²) in [6.07, 6.45) is 1.95. The van der Waals surface area contributed by atoms with E-state index in [4.69, 9.17) is 9.84 Å². The zero-order valence-electron chi connectivity index (χ0n) is 17.2. The second-order valence-electron chi connectivity index (χ2n) is 8.72. The molecule has 2 N–H and O–H groups in total. The van der Waals surface area contributed by atoms with Crippen molar-refractivity contribution in [1.82, 2.24) is 5.32 Å². The summed E-state index contributed by atoms with van der Waals surface area (Å²) in [5.41, 5.74) is 3.15. The molecule has 150 valence electrons. The van der Waals surface area contributed by atoms with Gasteiger partial charge in [-0.1, -0.05) is 45.9 Å². The third-order valence-electron chi connectivity index (χ3n) is 5.55. The number of fused-ring (bicyclic) bond motifs is 1. The number of hydrogen-bond donors (Lipinski definition) is 2. The van der Waals surface area contributed by atoms with Crippen molar-refractivity contribution in [2.75, 3.05) is 13.2 Å². The second kappa shape index (κ2) is 8.53. The topological polar surface area (TPSA) is 75.6 Å². The van der Waals surface area contributed by atoms with Crippen molar-refractivity contribution in [3.8, 4) is 0 Å². The van der Waals surface area contributed by atoms with E-state index in [9.17, 15) is 9.59 Å². The van der Waals surface area contributed by atoms with Crippen molar-refractivity contribution >= 4 is 11.7 Å². The fourth-order valence-corrected chi connectivity index (χ4v) is 3.89. The number of benzene rings is 1. The molecule has 0 aromatic heterocycles. The summed E-state index contributed by atoms with van der Waals surface area (Å²) in [6, 6.07) is 6.00. The Hall–Kier alpha value is -1.72. The molecule has 0 aliphatic heterocycles. The molecule has 1 aliphatic rings. The molecule has 1 amide bonds. The van der Waals surface area contributed by atoms with Crippen LogP contribution in [0.5, 0.6) is 0 Å². The van der Waals surface area contributed by atoms with Gasteiger partial charge in [-0.05, 0) is 41.7 Å². The van der Waals surface area contributed by atoms with Crippen LogP contribution in [0.15, 0.2) is 18.2 Å². The van der Waals surface area contributed by atoms with Crippen molar-refractivity contribution in [3.63, 3.8) is 0 Å². The molecule has 0 bridgehead atoms. The van der Waals surface area contributed by atoms with Gasteiger partial charge in [-0.15, -0.1) is 0 Å². The van der Waals surface area contributed by atoms with E-state index in [1.54, 1.807) is 6.92 Å². The minimum absolute atomic E-state index is 0.0108. The molecular weight excluding hydrogens is 342 g/mol. The molecule has 1 unspecified atom stereocenters. The van der Waals surface area contributed by atoms with Crippen LogP contribution in [-0.4, -0.2) is 36.2 Å². The SMILES string of the molecule is CC(NC(=O)CCC(=O)c1cccc2c1C(C)(C)CCC2(C)C)OCCO. The van der Waals surface area contributed by atoms with Gasteiger partial charge in [-0.2, -0.15) is 0 Å². The Morgan fingerprint density at radius 3 is 2.48 bits per heavy atom. The van der Waals surface area contributed by atoms with Crippen molar-refractivity contribution in [1.29, 1.82) is 0 Å². The van der Waals surface area contributed by atoms with Crippen LogP contribution in [0.4, 0.5) is 0 Å². The van der Waals surface area contributed by atoms with Gasteiger partial charge in [0.15, 0.2) is 5.78 Å². The summed E-state index contributed by atoms with van der Waals surface area (Å²) in [5, 5.41) is 11.4. The molecule has 0 radical (unpaired) electrons. The van der Waals surface area contributed by atoms with E-state index >= 15 is 0 Å². The fourth-order valence-electron chi connectivity index (χ4n) is 3.89. The van der Waals surface area contributed by atoms with E-state index in [1.807, 2.05) is 12.1 Å². The lowest BCUT2D eigenvalue weighted by Crippen LogP contribution is -2.36. The van der Waals surface area contributed by atoms with E-state index in [0.29, 0.717) is 0 Å². The van der Waals surface area contributed by atoms with Crippen LogP contribution in [0, 0.1) is 0 Å². The summed E-state index contributed by atoms with van der Waals surface area (Å²) in [7, 11) is 0. The molecule has 2 rings (SSSR count). The zero-order valence-corrected chi connectivity index (χ0v) is 17.2. The quantitative estimate of drug-likeness (QED) is 0.539. The number of carbonyl (C=O) groups is 2. The minimum atomic E-state index is -0.482. The highest BCUT2D eigenvalue weighted by atomic mass is 16.5. The van der Waals surface area contributed by atoms with Gasteiger partial charge in [0, 0.05) is 18.4 Å². The summed E-state index contributed by atoms with van der Waals surface area (Å²) >= 11 is 0. The fraction of sp³-hybridized carbons (Fsp3) is 0.636. The monoisotopic (exact) mass is 375 g/mol. The Labute approximate surface area is 162 Å². The first kappa shape index (κ1) is 21.6. The van der Waals surface area contributed by atoms with Crippen LogP contribution >= 0.6 is 0 Å². The van der Waals surface area contributed by atoms with E-state index in [-0.39, 0.29) is 48.6 Å². The number of nitrogens with one attached hydrogen (secondary N) is 1. The maximum Gasteiger partial charge on any atom is 0.222 e. The second-order valence-corrected chi connectivity index (χ2v) is 8.72. The molecule has 0 spiro atoms. The first-order valence-corrected chi connectivity index (χ1v) is 9.77. The van der Waals surface area contributed by atoms with Crippen molar-refractivity contribution < 1.29 is 19.4 Å². The highest BCUT2D eigenvalue weighted by molar-refractivity contribution is 6.00. The molecule has 5 nitrogen and oxygen atoms in total. The number of amides is 1. The average Bonchev–Trinajstić information content (AvgIpc) is 2.61. The number of ketones is 1. The van der Waals surface area contributed by atoms with Crippen LogP contribution in [0.3, 0.4) is 0 Å². The van der Waals surface area contributed by atoms with Crippen molar-refractivity contribution in [2.45, 2.75) is 77.4 Å². The molecule has 0 saturated carbocycles. The van der Waals surface area contributed by atoms with Gasteiger partial charge in [0.25, 0.3) is 0 Å². The third kappa shape index (κ3) is 5.17. The maximum absolute atomic E-state index is 12.9. The Kier molecular flexibility index (Phi) is 6.82. The van der Waals surface area contributed by atoms with E-state index in [0.717, 1.165) is 24.0 Å². The van der Waals surface area contributed by atoms with E-state index in [1.165, 1.54) is 5.56 Å². The molecule has 27 heavy (non-hydrogen) atoms. The Morgan fingerprint density at radius 2 is 1.81 bits per heavy atom. The van der Waals surface area contributed by atoms with E-state index < -0.39 is 6.23 Å². The number of aliphatic hydroxyl groups excluding tert-OH is 1. The number of carbonyl (C=O) groups excluding carboxylic acids is 2. The van der Waals surface area contributed by atoms with E-state index in [2.05, 4.69) is 39.1 Å². The van der Waals surface area contributed by atoms with Crippen molar-refractivity contribution in [2.24, 2.45) is 0 Å². The molecule has 0 saturated heterocycles. The molecule has 1 atom stereocenters. The Morgan fingerprint density at radius 1 is 1.15 bits per heavy atom. The van der Waals surface area contributed by atoms with Gasteiger partial charge >= 0.3 is 0 Å². The van der Waals surface area contributed by atoms with Gasteiger partial charge in [-0.25, -0.2) is 0 Å². The number of aliphatic hydroxyl groups is 1. The first-order valence-electron chi connectivity index (χ1n) is 9.77.